The Morgan fingerprint density at radius 2 is 2.60 bits per heavy atom. The molecule has 1 aromatic rings. The smallest absolute Gasteiger partial charge is 0.266 e. The van der Waals surface area contributed by atoms with Crippen molar-refractivity contribution >= 4 is 17.2 Å². The van der Waals surface area contributed by atoms with Crippen molar-refractivity contribution < 1.29 is 4.79 Å². The van der Waals surface area contributed by atoms with Crippen molar-refractivity contribution in [3.05, 3.63) is 16.1 Å². The van der Waals surface area contributed by atoms with Gasteiger partial charge < -0.3 is 4.90 Å². The van der Waals surface area contributed by atoms with Crippen LogP contribution in [0.25, 0.3) is 0 Å². The lowest BCUT2D eigenvalue weighted by atomic mass is 10.4. The molecule has 0 saturated carbocycles. The van der Waals surface area contributed by atoms with Crippen LogP contribution < -0.4 is 0 Å². The molecule has 2 rings (SSSR count). The maximum atomic E-state index is 11.2. The topological polar surface area (TPSA) is 33.2 Å². The normalized spacial score (nSPS) is 16.1. The molecule has 3 nitrogen and oxygen atoms in total. The van der Waals surface area contributed by atoms with Crippen molar-refractivity contribution in [3.8, 4) is 0 Å². The molecular weight excluding hydrogens is 148 g/mol. The van der Waals surface area contributed by atoms with Crippen molar-refractivity contribution in [1.29, 1.82) is 0 Å². The third kappa shape index (κ3) is 0.593. The highest BCUT2D eigenvalue weighted by Crippen LogP contribution is 2.23. The van der Waals surface area contributed by atoms with Gasteiger partial charge in [-0.15, -0.1) is 11.3 Å². The van der Waals surface area contributed by atoms with E-state index in [1.165, 1.54) is 11.3 Å². The van der Waals surface area contributed by atoms with E-state index in [9.17, 15) is 4.79 Å². The number of hydrogen-bond donors (Lipinski definition) is 0. The van der Waals surface area contributed by atoms with Gasteiger partial charge in [0.25, 0.3) is 5.91 Å². The predicted molar refractivity (Wildman–Crippen MR) is 37.9 cm³/mol. The Labute approximate surface area is 62.3 Å². The highest BCUT2D eigenvalue weighted by Gasteiger charge is 2.26. The van der Waals surface area contributed by atoms with E-state index < -0.39 is 0 Å². The summed E-state index contributed by atoms with van der Waals surface area (Å²) in [4.78, 5) is 17.7. The standard InChI is InChI=1S/C6H6N2OS/c1-8-2-4-5(6(8)9)10-3-7-4/h3H,2H2,1H3. The first-order valence-electron chi connectivity index (χ1n) is 2.97. The average molecular weight is 154 g/mol. The first-order valence-corrected chi connectivity index (χ1v) is 3.85. The summed E-state index contributed by atoms with van der Waals surface area (Å²) in [6, 6.07) is 0. The Hall–Kier alpha value is -0.900. The number of nitrogens with zero attached hydrogens (tertiary/aromatic N) is 2. The van der Waals surface area contributed by atoms with Crippen molar-refractivity contribution in [2.24, 2.45) is 0 Å². The van der Waals surface area contributed by atoms with Gasteiger partial charge in [-0.25, -0.2) is 4.98 Å². The van der Waals surface area contributed by atoms with Crippen molar-refractivity contribution in [3.63, 3.8) is 0 Å². The molecule has 4 heteroatoms. The minimum atomic E-state index is 0.109. The Bertz CT molecular complexity index is 281. The van der Waals surface area contributed by atoms with E-state index in [0.29, 0.717) is 6.54 Å². The molecule has 0 unspecified atom stereocenters. The van der Waals surface area contributed by atoms with Crippen LogP contribution in [0.3, 0.4) is 0 Å². The fourth-order valence-electron chi connectivity index (χ4n) is 1.03. The Morgan fingerprint density at radius 3 is 3.30 bits per heavy atom. The molecule has 0 aromatic carbocycles. The minimum Gasteiger partial charge on any atom is -0.335 e. The van der Waals surface area contributed by atoms with Gasteiger partial charge in [-0.1, -0.05) is 0 Å². The van der Waals surface area contributed by atoms with Crippen LogP contribution in [0.2, 0.25) is 0 Å². The molecule has 1 aliphatic heterocycles. The van der Waals surface area contributed by atoms with Crippen LogP contribution in [-0.4, -0.2) is 22.8 Å². The van der Waals surface area contributed by atoms with Gasteiger partial charge in [0.15, 0.2) is 0 Å². The second-order valence-electron chi connectivity index (χ2n) is 2.29. The third-order valence-electron chi connectivity index (χ3n) is 1.57. The third-order valence-corrected chi connectivity index (χ3v) is 2.43. The summed E-state index contributed by atoms with van der Waals surface area (Å²) in [6.45, 7) is 0.678. The summed E-state index contributed by atoms with van der Waals surface area (Å²) in [6.07, 6.45) is 0. The number of aromatic nitrogens is 1. The van der Waals surface area contributed by atoms with Crippen LogP contribution in [0.1, 0.15) is 15.4 Å². The molecular formula is C6H6N2OS. The SMILES string of the molecule is CN1Cc2ncsc2C1=O. The molecule has 10 heavy (non-hydrogen) atoms. The number of hydrogen-bond acceptors (Lipinski definition) is 3. The summed E-state index contributed by atoms with van der Waals surface area (Å²) < 4.78 is 0. The first kappa shape index (κ1) is 5.85. The lowest BCUT2D eigenvalue weighted by Crippen LogP contribution is -2.17. The quantitative estimate of drug-likeness (QED) is 0.552. The van der Waals surface area contributed by atoms with Crippen LogP contribution in [0.4, 0.5) is 0 Å². The number of fused-ring (bicyclic) bond motifs is 1. The maximum Gasteiger partial charge on any atom is 0.266 e. The second-order valence-corrected chi connectivity index (χ2v) is 3.14. The fourth-order valence-corrected chi connectivity index (χ4v) is 1.82. The van der Waals surface area contributed by atoms with Gasteiger partial charge in [-0.2, -0.15) is 0 Å². The molecule has 0 saturated heterocycles. The van der Waals surface area contributed by atoms with Gasteiger partial charge in [0.05, 0.1) is 17.7 Å². The van der Waals surface area contributed by atoms with Gasteiger partial charge >= 0.3 is 0 Å². The molecule has 0 atom stereocenters. The Morgan fingerprint density at radius 1 is 1.80 bits per heavy atom. The van der Waals surface area contributed by atoms with Crippen LogP contribution in [-0.2, 0) is 6.54 Å². The van der Waals surface area contributed by atoms with Crippen LogP contribution in [0.5, 0.6) is 0 Å². The largest absolute Gasteiger partial charge is 0.335 e. The zero-order chi connectivity index (χ0) is 7.14. The molecule has 1 amide bonds. The van der Waals surface area contributed by atoms with E-state index in [-0.39, 0.29) is 5.91 Å². The molecule has 52 valence electrons. The van der Waals surface area contributed by atoms with E-state index >= 15 is 0 Å². The number of rotatable bonds is 0. The molecule has 0 N–H and O–H groups in total. The summed E-state index contributed by atoms with van der Waals surface area (Å²) >= 11 is 1.42. The molecule has 0 spiro atoms. The molecule has 1 aromatic heterocycles. The van der Waals surface area contributed by atoms with Gasteiger partial charge in [-0.05, 0) is 0 Å². The van der Waals surface area contributed by atoms with Crippen molar-refractivity contribution in [1.82, 2.24) is 9.88 Å². The van der Waals surface area contributed by atoms with E-state index in [1.54, 1.807) is 17.5 Å². The number of amides is 1. The van der Waals surface area contributed by atoms with Gasteiger partial charge in [0.2, 0.25) is 0 Å². The highest BCUT2D eigenvalue weighted by atomic mass is 32.1. The van der Waals surface area contributed by atoms with E-state index in [0.717, 1.165) is 10.6 Å². The number of thiazole rings is 1. The lowest BCUT2D eigenvalue weighted by molar-refractivity contribution is 0.0819. The monoisotopic (exact) mass is 154 g/mol. The molecule has 0 bridgehead atoms. The maximum absolute atomic E-state index is 11.2. The molecule has 0 fully saturated rings. The number of carbonyl (C=O) groups excluding carboxylic acids is 1. The summed E-state index contributed by atoms with van der Waals surface area (Å²) in [5.41, 5.74) is 2.65. The van der Waals surface area contributed by atoms with Crippen LogP contribution in [0, 0.1) is 0 Å². The molecule has 0 radical (unpaired) electrons. The van der Waals surface area contributed by atoms with E-state index in [2.05, 4.69) is 4.98 Å². The second kappa shape index (κ2) is 1.79. The first-order chi connectivity index (χ1) is 4.79. The van der Waals surface area contributed by atoms with Crippen LogP contribution >= 0.6 is 11.3 Å². The molecule has 1 aliphatic rings. The molecule has 0 aliphatic carbocycles. The average Bonchev–Trinajstić information content (AvgIpc) is 2.41. The van der Waals surface area contributed by atoms with Crippen molar-refractivity contribution in [2.45, 2.75) is 6.54 Å². The van der Waals surface area contributed by atoms with Gasteiger partial charge in [-0.3, -0.25) is 4.79 Å². The Balaban J connectivity index is 2.53. The predicted octanol–water partition coefficient (Wildman–Crippen LogP) is 0.729. The van der Waals surface area contributed by atoms with Gasteiger partial charge in [0, 0.05) is 7.05 Å². The summed E-state index contributed by atoms with van der Waals surface area (Å²) in [5.74, 6) is 0.109. The van der Waals surface area contributed by atoms with E-state index in [1.807, 2.05) is 0 Å². The van der Waals surface area contributed by atoms with Crippen LogP contribution in [0.15, 0.2) is 5.51 Å². The van der Waals surface area contributed by atoms with Gasteiger partial charge in [0.1, 0.15) is 4.88 Å². The summed E-state index contributed by atoms with van der Waals surface area (Å²) in [7, 11) is 1.79. The minimum absolute atomic E-state index is 0.109. The fraction of sp³-hybridized carbons (Fsp3) is 0.333. The highest BCUT2D eigenvalue weighted by molar-refractivity contribution is 7.12. The Kier molecular flexibility index (Phi) is 1.05. The lowest BCUT2D eigenvalue weighted by Gasteiger charge is -2.04. The zero-order valence-electron chi connectivity index (χ0n) is 5.50. The molecule has 2 heterocycles. The summed E-state index contributed by atoms with van der Waals surface area (Å²) in [5, 5.41) is 0. The van der Waals surface area contributed by atoms with Crippen molar-refractivity contribution in [2.75, 3.05) is 7.05 Å². The number of carbonyl (C=O) groups is 1. The van der Waals surface area contributed by atoms with E-state index in [4.69, 9.17) is 0 Å². The zero-order valence-corrected chi connectivity index (χ0v) is 6.31.